The first-order valence-electron chi connectivity index (χ1n) is 7.40. The van der Waals surface area contributed by atoms with E-state index in [2.05, 4.69) is 17.6 Å². The maximum absolute atomic E-state index is 13.4. The fourth-order valence-electron chi connectivity index (χ4n) is 1.90. The number of amides is 1. The van der Waals surface area contributed by atoms with E-state index in [4.69, 9.17) is 4.74 Å². The fraction of sp³-hybridized carbons (Fsp3) is 0.562. The molecule has 0 aliphatic carbocycles. The average Bonchev–Trinajstić information content (AvgIpc) is 2.46. The molecular weight excluding hydrogens is 271 g/mol. The van der Waals surface area contributed by atoms with Gasteiger partial charge in [0.1, 0.15) is 11.6 Å². The van der Waals surface area contributed by atoms with Gasteiger partial charge in [-0.25, -0.2) is 4.39 Å². The van der Waals surface area contributed by atoms with Gasteiger partial charge in [0.25, 0.3) is 5.91 Å². The van der Waals surface area contributed by atoms with Gasteiger partial charge in [-0.05, 0) is 33.4 Å². The lowest BCUT2D eigenvalue weighted by Gasteiger charge is -2.20. The number of carbonyl (C=O) groups is 1. The van der Waals surface area contributed by atoms with Crippen molar-refractivity contribution < 1.29 is 13.9 Å². The first-order valence-corrected chi connectivity index (χ1v) is 7.40. The SMILES string of the molecule is CCCCNC(=O)C(C)Oc1cc(F)ccc1C(C)NC. The molecule has 2 unspecified atom stereocenters. The summed E-state index contributed by atoms with van der Waals surface area (Å²) in [5, 5.41) is 5.89. The minimum atomic E-state index is -0.661. The van der Waals surface area contributed by atoms with Gasteiger partial charge in [0.15, 0.2) is 6.10 Å². The van der Waals surface area contributed by atoms with E-state index in [0.29, 0.717) is 12.3 Å². The largest absolute Gasteiger partial charge is 0.480 e. The molecule has 0 radical (unpaired) electrons. The number of hydrogen-bond donors (Lipinski definition) is 2. The van der Waals surface area contributed by atoms with Gasteiger partial charge in [-0.15, -0.1) is 0 Å². The summed E-state index contributed by atoms with van der Waals surface area (Å²) >= 11 is 0. The molecule has 4 nitrogen and oxygen atoms in total. The Morgan fingerprint density at radius 1 is 1.38 bits per heavy atom. The van der Waals surface area contributed by atoms with Crippen LogP contribution >= 0.6 is 0 Å². The summed E-state index contributed by atoms with van der Waals surface area (Å²) in [6, 6.07) is 4.39. The predicted molar refractivity (Wildman–Crippen MR) is 81.9 cm³/mol. The zero-order chi connectivity index (χ0) is 15.8. The number of ether oxygens (including phenoxy) is 1. The summed E-state index contributed by atoms with van der Waals surface area (Å²) in [6.45, 7) is 6.31. The number of benzene rings is 1. The van der Waals surface area contributed by atoms with Crippen LogP contribution in [0.2, 0.25) is 0 Å². The summed E-state index contributed by atoms with van der Waals surface area (Å²) in [6.07, 6.45) is 1.29. The van der Waals surface area contributed by atoms with Crippen molar-refractivity contribution in [2.24, 2.45) is 0 Å². The number of nitrogens with one attached hydrogen (secondary N) is 2. The lowest BCUT2D eigenvalue weighted by atomic mass is 10.1. The maximum atomic E-state index is 13.4. The standard InChI is InChI=1S/C16H25FN2O2/c1-5-6-9-19-16(20)12(3)21-15-10-13(17)7-8-14(15)11(2)18-4/h7-8,10-12,18H,5-6,9H2,1-4H3,(H,19,20). The van der Waals surface area contributed by atoms with Gasteiger partial charge in [0.2, 0.25) is 0 Å². The van der Waals surface area contributed by atoms with E-state index in [1.807, 2.05) is 14.0 Å². The van der Waals surface area contributed by atoms with Crippen molar-refractivity contribution in [3.8, 4) is 5.75 Å². The third-order valence-corrected chi connectivity index (χ3v) is 3.38. The number of halogens is 1. The van der Waals surface area contributed by atoms with E-state index in [1.165, 1.54) is 12.1 Å². The van der Waals surface area contributed by atoms with Crippen molar-refractivity contribution in [1.29, 1.82) is 0 Å². The third-order valence-electron chi connectivity index (χ3n) is 3.38. The highest BCUT2D eigenvalue weighted by Gasteiger charge is 2.18. The molecule has 1 amide bonds. The number of carbonyl (C=O) groups excluding carboxylic acids is 1. The van der Waals surface area contributed by atoms with Crippen molar-refractivity contribution in [3.05, 3.63) is 29.6 Å². The minimum absolute atomic E-state index is 0.0101. The number of rotatable bonds is 8. The number of hydrogen-bond acceptors (Lipinski definition) is 3. The lowest BCUT2D eigenvalue weighted by molar-refractivity contribution is -0.127. The highest BCUT2D eigenvalue weighted by atomic mass is 19.1. The zero-order valence-electron chi connectivity index (χ0n) is 13.2. The summed E-state index contributed by atoms with van der Waals surface area (Å²) in [4.78, 5) is 11.9. The molecule has 1 aromatic carbocycles. The van der Waals surface area contributed by atoms with E-state index >= 15 is 0 Å². The molecule has 0 aromatic heterocycles. The Labute approximate surface area is 126 Å². The normalized spacial score (nSPS) is 13.6. The van der Waals surface area contributed by atoms with Gasteiger partial charge in [-0.2, -0.15) is 0 Å². The van der Waals surface area contributed by atoms with Crippen molar-refractivity contribution in [1.82, 2.24) is 10.6 Å². The van der Waals surface area contributed by atoms with Gasteiger partial charge >= 0.3 is 0 Å². The molecule has 1 aromatic rings. The van der Waals surface area contributed by atoms with Gasteiger partial charge in [-0.3, -0.25) is 4.79 Å². The van der Waals surface area contributed by atoms with Gasteiger partial charge in [0.05, 0.1) is 0 Å². The second-order valence-electron chi connectivity index (χ2n) is 5.10. The molecule has 0 bridgehead atoms. The first-order chi connectivity index (χ1) is 9.99. The average molecular weight is 296 g/mol. The zero-order valence-corrected chi connectivity index (χ0v) is 13.2. The molecule has 118 valence electrons. The summed E-state index contributed by atoms with van der Waals surface area (Å²) in [7, 11) is 1.82. The fourth-order valence-corrected chi connectivity index (χ4v) is 1.90. The molecule has 0 aliphatic rings. The van der Waals surface area contributed by atoms with E-state index in [9.17, 15) is 9.18 Å². The molecular formula is C16H25FN2O2. The smallest absolute Gasteiger partial charge is 0.260 e. The Balaban J connectivity index is 2.76. The van der Waals surface area contributed by atoms with E-state index < -0.39 is 6.10 Å². The van der Waals surface area contributed by atoms with Crippen LogP contribution in [0.25, 0.3) is 0 Å². The molecule has 2 N–H and O–H groups in total. The van der Waals surface area contributed by atoms with Crippen molar-refractivity contribution in [2.45, 2.75) is 45.8 Å². The summed E-state index contributed by atoms with van der Waals surface area (Å²) in [5.41, 5.74) is 0.826. The van der Waals surface area contributed by atoms with Crippen LogP contribution < -0.4 is 15.4 Å². The molecule has 1 rings (SSSR count). The van der Waals surface area contributed by atoms with Crippen molar-refractivity contribution in [2.75, 3.05) is 13.6 Å². The Morgan fingerprint density at radius 3 is 2.71 bits per heavy atom. The second-order valence-corrected chi connectivity index (χ2v) is 5.10. The van der Waals surface area contributed by atoms with Crippen molar-refractivity contribution >= 4 is 5.91 Å². The molecule has 0 saturated heterocycles. The van der Waals surface area contributed by atoms with Crippen LogP contribution in [0.15, 0.2) is 18.2 Å². The molecule has 2 atom stereocenters. The van der Waals surface area contributed by atoms with Gasteiger partial charge in [0, 0.05) is 24.2 Å². The molecule has 0 fully saturated rings. The van der Waals surface area contributed by atoms with Crippen LogP contribution in [0.1, 0.15) is 45.2 Å². The molecule has 21 heavy (non-hydrogen) atoms. The Kier molecular flexibility index (Phi) is 7.15. The minimum Gasteiger partial charge on any atom is -0.480 e. The van der Waals surface area contributed by atoms with Crippen LogP contribution in [0, 0.1) is 5.82 Å². The second kappa shape index (κ2) is 8.62. The van der Waals surface area contributed by atoms with Gasteiger partial charge < -0.3 is 15.4 Å². The molecule has 0 spiro atoms. The van der Waals surface area contributed by atoms with Crippen LogP contribution in [-0.2, 0) is 4.79 Å². The monoisotopic (exact) mass is 296 g/mol. The van der Waals surface area contributed by atoms with E-state index in [0.717, 1.165) is 18.4 Å². The van der Waals surface area contributed by atoms with E-state index in [-0.39, 0.29) is 17.8 Å². The summed E-state index contributed by atoms with van der Waals surface area (Å²) in [5.74, 6) is -0.165. The highest BCUT2D eigenvalue weighted by Crippen LogP contribution is 2.26. The summed E-state index contributed by atoms with van der Waals surface area (Å²) < 4.78 is 19.1. The topological polar surface area (TPSA) is 50.4 Å². The van der Waals surface area contributed by atoms with Crippen molar-refractivity contribution in [3.63, 3.8) is 0 Å². The van der Waals surface area contributed by atoms with Crippen LogP contribution in [0.5, 0.6) is 5.75 Å². The first kappa shape index (κ1) is 17.4. The Hall–Kier alpha value is -1.62. The quantitative estimate of drug-likeness (QED) is 0.725. The third kappa shape index (κ3) is 5.34. The predicted octanol–water partition coefficient (Wildman–Crippen LogP) is 2.79. The van der Waals surface area contributed by atoms with Crippen LogP contribution in [-0.4, -0.2) is 25.6 Å². The molecule has 0 heterocycles. The van der Waals surface area contributed by atoms with E-state index in [1.54, 1.807) is 13.0 Å². The molecule has 5 heteroatoms. The maximum Gasteiger partial charge on any atom is 0.260 e. The van der Waals surface area contributed by atoms with Gasteiger partial charge in [-0.1, -0.05) is 19.4 Å². The van der Waals surface area contributed by atoms with Crippen LogP contribution in [0.4, 0.5) is 4.39 Å². The Bertz CT molecular complexity index is 466. The number of unbranched alkanes of at least 4 members (excludes halogenated alkanes) is 1. The highest BCUT2D eigenvalue weighted by molar-refractivity contribution is 5.80. The van der Waals surface area contributed by atoms with Crippen LogP contribution in [0.3, 0.4) is 0 Å². The molecule has 0 aliphatic heterocycles. The molecule has 0 saturated carbocycles. The lowest BCUT2D eigenvalue weighted by Crippen LogP contribution is -2.37. The Morgan fingerprint density at radius 2 is 2.10 bits per heavy atom.